The maximum atomic E-state index is 13.0. The summed E-state index contributed by atoms with van der Waals surface area (Å²) in [5.74, 6) is 3.19. The largest absolute Gasteiger partial charge is 0.486 e. The molecule has 2 fully saturated rings. The monoisotopic (exact) mass is 426 g/mol. The first-order valence-electron chi connectivity index (χ1n) is 9.82. The highest BCUT2D eigenvalue weighted by molar-refractivity contribution is 7.99. The lowest BCUT2D eigenvalue weighted by atomic mass is 9.96. The van der Waals surface area contributed by atoms with E-state index in [1.807, 2.05) is 11.8 Å². The van der Waals surface area contributed by atoms with E-state index in [1.54, 1.807) is 12.1 Å². The number of piperidine rings is 1. The predicted octanol–water partition coefficient (Wildman–Crippen LogP) is 1.87. The smallest absolute Gasteiger partial charge is 0.243 e. The Labute approximate surface area is 170 Å². The maximum absolute atomic E-state index is 13.0. The van der Waals surface area contributed by atoms with Gasteiger partial charge >= 0.3 is 0 Å². The van der Waals surface area contributed by atoms with Gasteiger partial charge in [0.15, 0.2) is 11.5 Å². The molecule has 1 N–H and O–H groups in total. The van der Waals surface area contributed by atoms with Crippen molar-refractivity contribution in [1.29, 1.82) is 0 Å². The number of thioether (sulfide) groups is 1. The van der Waals surface area contributed by atoms with Gasteiger partial charge in [0.2, 0.25) is 15.9 Å². The van der Waals surface area contributed by atoms with Gasteiger partial charge in [0.1, 0.15) is 13.2 Å². The number of benzene rings is 1. The first-order chi connectivity index (χ1) is 13.5. The summed E-state index contributed by atoms with van der Waals surface area (Å²) in [5, 5.41) is 3.16. The zero-order valence-electron chi connectivity index (χ0n) is 15.8. The maximum Gasteiger partial charge on any atom is 0.243 e. The fraction of sp³-hybridized carbons (Fsp3) is 0.632. The van der Waals surface area contributed by atoms with Crippen LogP contribution < -0.4 is 14.8 Å². The predicted molar refractivity (Wildman–Crippen MR) is 107 cm³/mol. The number of ether oxygens (including phenoxy) is 2. The second-order valence-corrected chi connectivity index (χ2v) is 10.5. The van der Waals surface area contributed by atoms with Gasteiger partial charge in [-0.3, -0.25) is 4.79 Å². The number of hydrogen-bond acceptors (Lipinski definition) is 6. The molecule has 1 aromatic rings. The van der Waals surface area contributed by atoms with Crippen LogP contribution in [0.1, 0.15) is 25.7 Å². The summed E-state index contributed by atoms with van der Waals surface area (Å²) in [6, 6.07) is 5.00. The number of hydrogen-bond donors (Lipinski definition) is 1. The van der Waals surface area contributed by atoms with Gasteiger partial charge in [-0.2, -0.15) is 16.1 Å². The van der Waals surface area contributed by atoms with Gasteiger partial charge in [-0.1, -0.05) is 0 Å². The molecule has 9 heteroatoms. The molecule has 1 aromatic carbocycles. The molecule has 3 aliphatic heterocycles. The molecule has 2 saturated heterocycles. The van der Waals surface area contributed by atoms with Crippen molar-refractivity contribution in [3.63, 3.8) is 0 Å². The highest BCUT2D eigenvalue weighted by atomic mass is 32.2. The molecule has 0 aromatic heterocycles. The van der Waals surface area contributed by atoms with E-state index in [0.717, 1.165) is 24.3 Å². The van der Waals surface area contributed by atoms with Crippen molar-refractivity contribution >= 4 is 27.7 Å². The topological polar surface area (TPSA) is 84.9 Å². The summed E-state index contributed by atoms with van der Waals surface area (Å²) < 4.78 is 38.4. The number of carbonyl (C=O) groups excluding carboxylic acids is 1. The molecular formula is C19H26N2O5S2. The Hall–Kier alpha value is -1.45. The molecule has 3 heterocycles. The van der Waals surface area contributed by atoms with E-state index in [0.29, 0.717) is 50.6 Å². The minimum atomic E-state index is -3.61. The van der Waals surface area contributed by atoms with Gasteiger partial charge in [0.25, 0.3) is 0 Å². The highest BCUT2D eigenvalue weighted by Gasteiger charge is 2.33. The van der Waals surface area contributed by atoms with Crippen LogP contribution in [-0.2, 0) is 14.8 Å². The Kier molecular flexibility index (Phi) is 6.03. The van der Waals surface area contributed by atoms with Gasteiger partial charge in [-0.25, -0.2) is 8.42 Å². The van der Waals surface area contributed by atoms with Crippen LogP contribution in [0.3, 0.4) is 0 Å². The van der Waals surface area contributed by atoms with Crippen molar-refractivity contribution in [3.8, 4) is 11.5 Å². The summed E-state index contributed by atoms with van der Waals surface area (Å²) in [6.45, 7) is 1.59. The Morgan fingerprint density at radius 2 is 1.71 bits per heavy atom. The molecule has 3 aliphatic rings. The number of nitrogens with one attached hydrogen (secondary N) is 1. The quantitative estimate of drug-likeness (QED) is 0.791. The SMILES string of the molecule is O=C(NC1CCSCC1)C1CCN(S(=O)(=O)c2ccc3c(c2)OCCO3)CC1. The van der Waals surface area contributed by atoms with Crippen LogP contribution >= 0.6 is 11.8 Å². The van der Waals surface area contributed by atoms with E-state index >= 15 is 0 Å². The lowest BCUT2D eigenvalue weighted by Crippen LogP contribution is -2.46. The molecule has 0 radical (unpaired) electrons. The van der Waals surface area contributed by atoms with Gasteiger partial charge in [-0.05, 0) is 49.3 Å². The van der Waals surface area contributed by atoms with Crippen molar-refractivity contribution in [2.24, 2.45) is 5.92 Å². The Morgan fingerprint density at radius 1 is 1.04 bits per heavy atom. The van der Waals surface area contributed by atoms with Crippen LogP contribution in [0.4, 0.5) is 0 Å². The van der Waals surface area contributed by atoms with Crippen LogP contribution in [0.2, 0.25) is 0 Å². The molecule has 0 aliphatic carbocycles. The van der Waals surface area contributed by atoms with Crippen molar-refractivity contribution in [3.05, 3.63) is 18.2 Å². The minimum Gasteiger partial charge on any atom is -0.486 e. The van der Waals surface area contributed by atoms with Crippen molar-refractivity contribution in [1.82, 2.24) is 9.62 Å². The van der Waals surface area contributed by atoms with E-state index in [2.05, 4.69) is 5.32 Å². The van der Waals surface area contributed by atoms with E-state index < -0.39 is 10.0 Å². The minimum absolute atomic E-state index is 0.0771. The average molecular weight is 427 g/mol. The molecule has 1 amide bonds. The van der Waals surface area contributed by atoms with E-state index in [9.17, 15) is 13.2 Å². The Balaban J connectivity index is 1.36. The Morgan fingerprint density at radius 3 is 2.43 bits per heavy atom. The number of nitrogens with zero attached hydrogens (tertiary/aromatic N) is 1. The van der Waals surface area contributed by atoms with E-state index in [4.69, 9.17) is 9.47 Å². The molecule has 0 unspecified atom stereocenters. The zero-order chi connectivity index (χ0) is 19.6. The molecule has 0 spiro atoms. The molecule has 28 heavy (non-hydrogen) atoms. The second kappa shape index (κ2) is 8.51. The van der Waals surface area contributed by atoms with Crippen LogP contribution in [0.5, 0.6) is 11.5 Å². The first-order valence-corrected chi connectivity index (χ1v) is 12.4. The van der Waals surface area contributed by atoms with Crippen LogP contribution in [0.25, 0.3) is 0 Å². The number of carbonyl (C=O) groups is 1. The third-order valence-corrected chi connectivity index (χ3v) is 8.49. The number of amides is 1. The number of fused-ring (bicyclic) bond motifs is 1. The zero-order valence-corrected chi connectivity index (χ0v) is 17.4. The fourth-order valence-electron chi connectivity index (χ4n) is 3.85. The van der Waals surface area contributed by atoms with Gasteiger partial charge in [-0.15, -0.1) is 0 Å². The average Bonchev–Trinajstić information content (AvgIpc) is 2.74. The van der Waals surface area contributed by atoms with E-state index in [1.165, 1.54) is 10.4 Å². The summed E-state index contributed by atoms with van der Waals surface area (Å²) in [5.41, 5.74) is 0. The number of rotatable bonds is 4. The summed E-state index contributed by atoms with van der Waals surface area (Å²) >= 11 is 1.93. The fourth-order valence-corrected chi connectivity index (χ4v) is 6.44. The van der Waals surface area contributed by atoms with Gasteiger partial charge in [0, 0.05) is 31.1 Å². The first kappa shape index (κ1) is 19.8. The molecule has 154 valence electrons. The highest BCUT2D eigenvalue weighted by Crippen LogP contribution is 2.34. The molecule has 7 nitrogen and oxygen atoms in total. The summed E-state index contributed by atoms with van der Waals surface area (Å²) in [4.78, 5) is 12.7. The molecule has 0 bridgehead atoms. The lowest BCUT2D eigenvalue weighted by molar-refractivity contribution is -0.126. The molecular weight excluding hydrogens is 400 g/mol. The standard InChI is InChI=1S/C19H26N2O5S2/c22-19(20-15-5-11-27-12-6-15)14-3-7-21(8-4-14)28(23,24)16-1-2-17-18(13-16)26-10-9-25-17/h1-2,13-15H,3-12H2,(H,20,22). The van der Waals surface area contributed by atoms with E-state index in [-0.39, 0.29) is 22.8 Å². The Bertz CT molecular complexity index is 816. The van der Waals surface area contributed by atoms with Crippen molar-refractivity contribution < 1.29 is 22.7 Å². The van der Waals surface area contributed by atoms with Crippen LogP contribution in [0.15, 0.2) is 23.1 Å². The van der Waals surface area contributed by atoms with Gasteiger partial charge < -0.3 is 14.8 Å². The number of sulfonamides is 1. The molecule has 0 atom stereocenters. The third kappa shape index (κ3) is 4.26. The lowest BCUT2D eigenvalue weighted by Gasteiger charge is -2.32. The van der Waals surface area contributed by atoms with Crippen LogP contribution in [0, 0.1) is 5.92 Å². The van der Waals surface area contributed by atoms with Crippen LogP contribution in [-0.4, -0.2) is 62.5 Å². The summed E-state index contributed by atoms with van der Waals surface area (Å²) in [6.07, 6.45) is 3.15. The molecule has 0 saturated carbocycles. The van der Waals surface area contributed by atoms with Crippen molar-refractivity contribution in [2.75, 3.05) is 37.8 Å². The van der Waals surface area contributed by atoms with Crippen molar-refractivity contribution in [2.45, 2.75) is 36.6 Å². The normalized spacial score (nSPS) is 22.0. The summed E-state index contributed by atoms with van der Waals surface area (Å²) in [7, 11) is -3.61. The third-order valence-electron chi connectivity index (χ3n) is 5.54. The van der Waals surface area contributed by atoms with Gasteiger partial charge in [0.05, 0.1) is 4.90 Å². The second-order valence-electron chi connectivity index (χ2n) is 7.38. The molecule has 4 rings (SSSR count).